The summed E-state index contributed by atoms with van der Waals surface area (Å²) in [6, 6.07) is 0. The normalized spacial score (nSPS) is 10.8. The van der Waals surface area contributed by atoms with Crippen LogP contribution in [-0.4, -0.2) is 31.2 Å². The molecule has 0 bridgehead atoms. The Bertz CT molecular complexity index is 533. The lowest BCUT2D eigenvalue weighted by Crippen LogP contribution is -2.19. The zero-order valence-electron chi connectivity index (χ0n) is 25.8. The molecular formula is C30H62BN2O2S. The lowest BCUT2D eigenvalue weighted by atomic mass is 9.74. The molecule has 4 nitrogen and oxygen atoms in total. The van der Waals surface area contributed by atoms with E-state index in [-0.39, 0.29) is 11.6 Å². The Morgan fingerprint density at radius 3 is 1.89 bits per heavy atom. The van der Waals surface area contributed by atoms with Crippen molar-refractivity contribution in [1.82, 2.24) is 0 Å². The highest BCUT2D eigenvalue weighted by Gasteiger charge is 2.12. The third-order valence-electron chi connectivity index (χ3n) is 5.67. The van der Waals surface area contributed by atoms with E-state index in [9.17, 15) is 4.79 Å². The topological polar surface area (TPSA) is 62.5 Å². The van der Waals surface area contributed by atoms with Gasteiger partial charge < -0.3 is 9.53 Å². The fraction of sp³-hybridized carbons (Fsp3) is 0.833. The number of allylic oxidation sites excluding steroid dienone is 1. The summed E-state index contributed by atoms with van der Waals surface area (Å²) >= 11 is 3.98. The SMILES string of the molecule is CC.CCC(C)CC.CCC/C=C(CC)/C(=N/S)C(=N)OCCCCCC.C[B]C(=O)CCCCC. The summed E-state index contributed by atoms with van der Waals surface area (Å²) in [5.41, 5.74) is 1.91. The summed E-state index contributed by atoms with van der Waals surface area (Å²) in [6.07, 6.45) is 16.5. The van der Waals surface area contributed by atoms with Crippen LogP contribution in [-0.2, 0) is 9.53 Å². The Morgan fingerprint density at radius 2 is 1.50 bits per heavy atom. The van der Waals surface area contributed by atoms with Gasteiger partial charge in [-0.15, -0.1) is 0 Å². The first kappa shape index (κ1) is 42.1. The molecule has 213 valence electrons. The van der Waals surface area contributed by atoms with Crippen LogP contribution in [0.1, 0.15) is 146 Å². The first-order chi connectivity index (χ1) is 17.3. The molecule has 0 aliphatic carbocycles. The Morgan fingerprint density at radius 1 is 0.944 bits per heavy atom. The van der Waals surface area contributed by atoms with Gasteiger partial charge in [-0.1, -0.05) is 127 Å². The van der Waals surface area contributed by atoms with Crippen LogP contribution in [0.3, 0.4) is 0 Å². The van der Waals surface area contributed by atoms with Crippen molar-refractivity contribution in [1.29, 1.82) is 5.41 Å². The molecule has 1 radical (unpaired) electrons. The number of thiol groups is 1. The summed E-state index contributed by atoms with van der Waals surface area (Å²) in [5.74, 6) is 1.08. The number of nitrogens with zero attached hydrogens (tertiary/aromatic N) is 1. The maximum absolute atomic E-state index is 10.6. The van der Waals surface area contributed by atoms with Crippen LogP contribution in [0.2, 0.25) is 6.82 Å². The fourth-order valence-electron chi connectivity index (χ4n) is 2.74. The lowest BCUT2D eigenvalue weighted by Gasteiger charge is -2.11. The average Bonchev–Trinajstić information content (AvgIpc) is 2.92. The molecule has 0 aliphatic heterocycles. The number of nitrogens with one attached hydrogen (secondary N) is 1. The van der Waals surface area contributed by atoms with Crippen LogP contribution in [0.25, 0.3) is 0 Å². The molecule has 0 unspecified atom stereocenters. The maximum atomic E-state index is 10.6. The third kappa shape index (κ3) is 31.0. The predicted octanol–water partition coefficient (Wildman–Crippen LogP) is 10.3. The van der Waals surface area contributed by atoms with Crippen molar-refractivity contribution in [3.63, 3.8) is 0 Å². The minimum Gasteiger partial charge on any atom is -0.477 e. The van der Waals surface area contributed by atoms with Gasteiger partial charge in [0.1, 0.15) is 5.71 Å². The highest BCUT2D eigenvalue weighted by molar-refractivity contribution is 7.79. The van der Waals surface area contributed by atoms with Gasteiger partial charge in [0.2, 0.25) is 5.90 Å². The second-order valence-corrected chi connectivity index (χ2v) is 8.89. The number of hydrogen-bond acceptors (Lipinski definition) is 5. The molecule has 0 aliphatic rings. The van der Waals surface area contributed by atoms with E-state index in [1.54, 1.807) is 14.1 Å². The van der Waals surface area contributed by atoms with Gasteiger partial charge in [-0.05, 0) is 56.4 Å². The van der Waals surface area contributed by atoms with Gasteiger partial charge in [0.25, 0.3) is 0 Å². The third-order valence-corrected chi connectivity index (χ3v) is 5.87. The molecule has 0 saturated heterocycles. The molecule has 0 aromatic rings. The van der Waals surface area contributed by atoms with Crippen molar-refractivity contribution >= 4 is 37.4 Å². The van der Waals surface area contributed by atoms with Gasteiger partial charge in [-0.25, -0.2) is 4.40 Å². The molecule has 0 spiro atoms. The predicted molar refractivity (Wildman–Crippen MR) is 169 cm³/mol. The summed E-state index contributed by atoms with van der Waals surface area (Å²) in [4.78, 5) is 10.6. The maximum Gasteiger partial charge on any atom is 0.233 e. The monoisotopic (exact) mass is 525 g/mol. The highest BCUT2D eigenvalue weighted by Crippen LogP contribution is 2.10. The van der Waals surface area contributed by atoms with Crippen molar-refractivity contribution < 1.29 is 9.53 Å². The van der Waals surface area contributed by atoms with Gasteiger partial charge in [0.05, 0.1) is 12.3 Å². The second-order valence-electron chi connectivity index (χ2n) is 8.69. The van der Waals surface area contributed by atoms with E-state index < -0.39 is 0 Å². The first-order valence-corrected chi connectivity index (χ1v) is 15.2. The minimum absolute atomic E-state index is 0.149. The molecule has 1 N–H and O–H groups in total. The zero-order valence-corrected chi connectivity index (χ0v) is 26.7. The number of hydrogen-bond donors (Lipinski definition) is 2. The molecule has 0 atom stereocenters. The molecule has 0 heterocycles. The van der Waals surface area contributed by atoms with Crippen molar-refractivity contribution in [2.24, 2.45) is 10.3 Å². The molecule has 0 rings (SSSR count). The number of unbranched alkanes of at least 4 members (excludes halogenated alkanes) is 6. The lowest BCUT2D eigenvalue weighted by molar-refractivity contribution is -0.112. The van der Waals surface area contributed by atoms with E-state index in [0.717, 1.165) is 56.4 Å². The number of carbonyl (C=O) groups is 1. The molecule has 0 amide bonds. The smallest absolute Gasteiger partial charge is 0.233 e. The van der Waals surface area contributed by atoms with Crippen molar-refractivity contribution in [3.05, 3.63) is 11.6 Å². The zero-order chi connectivity index (χ0) is 28.6. The summed E-state index contributed by atoms with van der Waals surface area (Å²) < 4.78 is 9.39. The van der Waals surface area contributed by atoms with Crippen molar-refractivity contribution in [3.8, 4) is 0 Å². The summed E-state index contributed by atoms with van der Waals surface area (Å²) in [7, 11) is 1.65. The van der Waals surface area contributed by atoms with Gasteiger partial charge in [-0.3, -0.25) is 5.41 Å². The molecule has 0 aromatic carbocycles. The van der Waals surface area contributed by atoms with Crippen LogP contribution in [0.15, 0.2) is 16.0 Å². The van der Waals surface area contributed by atoms with Gasteiger partial charge in [-0.2, -0.15) is 0 Å². The van der Waals surface area contributed by atoms with E-state index in [1.165, 1.54) is 38.5 Å². The van der Waals surface area contributed by atoms with Gasteiger partial charge in [0, 0.05) is 0 Å². The van der Waals surface area contributed by atoms with E-state index >= 15 is 0 Å². The quantitative estimate of drug-likeness (QED) is 0.0652. The summed E-state index contributed by atoms with van der Waals surface area (Å²) in [6.45, 7) is 21.7. The Hall–Kier alpha value is -1.04. The van der Waals surface area contributed by atoms with Crippen LogP contribution in [0.4, 0.5) is 0 Å². The van der Waals surface area contributed by atoms with Crippen molar-refractivity contribution in [2.45, 2.75) is 153 Å². The molecular weight excluding hydrogens is 463 g/mol. The summed E-state index contributed by atoms with van der Waals surface area (Å²) in [5, 5.41) is 7.95. The van der Waals surface area contributed by atoms with Crippen LogP contribution < -0.4 is 0 Å². The number of rotatable bonds is 17. The average molecular weight is 526 g/mol. The van der Waals surface area contributed by atoms with Gasteiger partial charge >= 0.3 is 0 Å². The fourth-order valence-corrected chi connectivity index (χ4v) is 2.96. The standard InChI is InChI=1S/C15H28N2OS.C7H14BO.C6H14.C2H6/c1-4-7-9-10-12-18-15(16)14(17-19)13(6-3)11-8-5-2;1-3-4-5-6-7(9)8-2;1-4-6(3)5-2;1-2/h11,16,19H,4-10,12H2,1-3H3;3-6H2,1-2H3;6H,4-5H2,1-3H3;1-2H3/b13-11+,16-15?,17-14-;;;. The number of ether oxygens (including phenoxy) is 1. The van der Waals surface area contributed by atoms with E-state index in [0.29, 0.717) is 12.3 Å². The molecule has 36 heavy (non-hydrogen) atoms. The van der Waals surface area contributed by atoms with Crippen LogP contribution in [0, 0.1) is 11.3 Å². The molecule has 0 aromatic heterocycles. The first-order valence-electron chi connectivity index (χ1n) is 14.8. The minimum atomic E-state index is 0.149. The largest absolute Gasteiger partial charge is 0.477 e. The van der Waals surface area contributed by atoms with Crippen LogP contribution in [0.5, 0.6) is 0 Å². The van der Waals surface area contributed by atoms with E-state index in [4.69, 9.17) is 10.1 Å². The Kier molecular flexibility index (Phi) is 42.2. The molecule has 0 saturated carbocycles. The molecule has 6 heteroatoms. The number of carbonyl (C=O) groups excluding carboxylic acids is 1. The highest BCUT2D eigenvalue weighted by atomic mass is 32.1. The molecule has 0 fully saturated rings. The van der Waals surface area contributed by atoms with Crippen molar-refractivity contribution in [2.75, 3.05) is 6.61 Å². The van der Waals surface area contributed by atoms with E-state index in [1.807, 2.05) is 13.8 Å². The Labute approximate surface area is 233 Å². The van der Waals surface area contributed by atoms with E-state index in [2.05, 4.69) is 71.8 Å². The van der Waals surface area contributed by atoms with Gasteiger partial charge in [0.15, 0.2) is 7.28 Å². The second kappa shape index (κ2) is 36.1. The van der Waals surface area contributed by atoms with Crippen LogP contribution >= 0.6 is 12.8 Å². The Balaban J connectivity index is -0.000000248.